The van der Waals surface area contributed by atoms with Crippen molar-refractivity contribution in [3.63, 3.8) is 0 Å². The Morgan fingerprint density at radius 1 is 1.04 bits per heavy atom. The largest absolute Gasteiger partial charge is 0.358 e. The number of aryl methyl sites for hydroxylation is 1. The third-order valence-electron chi connectivity index (χ3n) is 5.33. The molecule has 1 unspecified atom stereocenters. The van der Waals surface area contributed by atoms with Crippen molar-refractivity contribution in [2.45, 2.75) is 25.7 Å². The lowest BCUT2D eigenvalue weighted by molar-refractivity contribution is -0.115. The summed E-state index contributed by atoms with van der Waals surface area (Å²) < 4.78 is 0. The Bertz CT molecular complexity index is 1050. The number of aromatic nitrogens is 1. The van der Waals surface area contributed by atoms with E-state index in [0.29, 0.717) is 6.42 Å². The van der Waals surface area contributed by atoms with Gasteiger partial charge in [0.1, 0.15) is 0 Å². The van der Waals surface area contributed by atoms with Gasteiger partial charge in [-0.05, 0) is 42.7 Å². The minimum absolute atomic E-state index is 0.0188. The van der Waals surface area contributed by atoms with Crippen LogP contribution in [0.3, 0.4) is 0 Å². The van der Waals surface area contributed by atoms with E-state index in [0.717, 1.165) is 34.3 Å². The van der Waals surface area contributed by atoms with Crippen LogP contribution in [0, 0.1) is 6.92 Å². The van der Waals surface area contributed by atoms with Gasteiger partial charge in [0.2, 0.25) is 0 Å². The Morgan fingerprint density at radius 3 is 2.72 bits per heavy atom. The molecule has 1 aliphatic carbocycles. The summed E-state index contributed by atoms with van der Waals surface area (Å²) in [5, 5.41) is 4.64. The summed E-state index contributed by atoms with van der Waals surface area (Å²) in [5.74, 6) is 0.245. The van der Waals surface area contributed by atoms with Gasteiger partial charge in [0.25, 0.3) is 0 Å². The highest BCUT2D eigenvalue weighted by Gasteiger charge is 2.37. The van der Waals surface area contributed by atoms with E-state index in [9.17, 15) is 4.79 Å². The Hall–Kier alpha value is -2.94. The standard InChI is InChI=1S/C22H18N2O/c1-13-4-6-14(7-5-13)20-21-15-3-2-12-23-16(15)8-9-17(21)24-18-10-11-19(25)22(18)20/h2-9,12,20,24H,10-11H2,1H3. The summed E-state index contributed by atoms with van der Waals surface area (Å²) in [6.45, 7) is 2.09. The van der Waals surface area contributed by atoms with Crippen molar-refractivity contribution >= 4 is 22.4 Å². The quantitative estimate of drug-likeness (QED) is 0.704. The molecule has 0 saturated carbocycles. The third-order valence-corrected chi connectivity index (χ3v) is 5.33. The van der Waals surface area contributed by atoms with Gasteiger partial charge in [-0.2, -0.15) is 0 Å². The molecule has 0 radical (unpaired) electrons. The molecular formula is C22H18N2O. The van der Waals surface area contributed by atoms with E-state index < -0.39 is 0 Å². The number of carbonyl (C=O) groups is 1. The summed E-state index contributed by atoms with van der Waals surface area (Å²) in [7, 11) is 0. The van der Waals surface area contributed by atoms with Crippen LogP contribution in [0.2, 0.25) is 0 Å². The number of pyridine rings is 1. The van der Waals surface area contributed by atoms with E-state index >= 15 is 0 Å². The smallest absolute Gasteiger partial charge is 0.161 e. The number of carbonyl (C=O) groups excluding carboxylic acids is 1. The van der Waals surface area contributed by atoms with Gasteiger partial charge in [-0.15, -0.1) is 0 Å². The number of Topliss-reactive ketones (excluding diaryl/α,β-unsaturated/α-hetero) is 1. The van der Waals surface area contributed by atoms with Crippen molar-refractivity contribution < 1.29 is 4.79 Å². The van der Waals surface area contributed by atoms with Crippen LogP contribution in [-0.2, 0) is 4.79 Å². The molecule has 3 heteroatoms. The molecule has 2 aromatic carbocycles. The fraction of sp³-hybridized carbons (Fsp3) is 0.182. The van der Waals surface area contributed by atoms with Gasteiger partial charge >= 0.3 is 0 Å². The first-order valence-corrected chi connectivity index (χ1v) is 8.70. The van der Waals surface area contributed by atoms with E-state index in [2.05, 4.69) is 59.7 Å². The summed E-state index contributed by atoms with van der Waals surface area (Å²) in [6.07, 6.45) is 3.22. The summed E-state index contributed by atoms with van der Waals surface area (Å²) in [5.41, 5.74) is 7.66. The fourth-order valence-electron chi connectivity index (χ4n) is 4.14. The molecule has 0 bridgehead atoms. The topological polar surface area (TPSA) is 42.0 Å². The Balaban J connectivity index is 1.83. The van der Waals surface area contributed by atoms with Crippen LogP contribution in [0.15, 0.2) is 66.0 Å². The molecule has 1 aromatic heterocycles. The number of fused-ring (bicyclic) bond motifs is 3. The molecule has 0 spiro atoms. The van der Waals surface area contributed by atoms with E-state index in [1.54, 1.807) is 0 Å². The predicted octanol–water partition coefficient (Wildman–Crippen LogP) is 4.72. The van der Waals surface area contributed by atoms with E-state index in [-0.39, 0.29) is 11.7 Å². The minimum Gasteiger partial charge on any atom is -0.358 e. The molecule has 25 heavy (non-hydrogen) atoms. The first-order valence-electron chi connectivity index (χ1n) is 8.70. The first kappa shape index (κ1) is 14.4. The van der Waals surface area contributed by atoms with Gasteiger partial charge < -0.3 is 5.32 Å². The second-order valence-electron chi connectivity index (χ2n) is 6.88. The second-order valence-corrected chi connectivity index (χ2v) is 6.88. The molecule has 122 valence electrons. The highest BCUT2D eigenvalue weighted by Crippen LogP contribution is 2.48. The second kappa shape index (κ2) is 5.28. The molecule has 2 heterocycles. The molecule has 1 N–H and O–H groups in total. The Morgan fingerprint density at radius 2 is 1.88 bits per heavy atom. The molecule has 0 saturated heterocycles. The molecule has 0 amide bonds. The zero-order valence-corrected chi connectivity index (χ0v) is 14.0. The number of ketones is 1. The molecular weight excluding hydrogens is 308 g/mol. The maximum Gasteiger partial charge on any atom is 0.161 e. The third kappa shape index (κ3) is 2.12. The van der Waals surface area contributed by atoms with Crippen LogP contribution in [0.25, 0.3) is 10.9 Å². The number of benzene rings is 2. The number of nitrogens with one attached hydrogen (secondary N) is 1. The number of rotatable bonds is 1. The molecule has 2 aliphatic rings. The lowest BCUT2D eigenvalue weighted by Crippen LogP contribution is -2.19. The number of hydrogen-bond donors (Lipinski definition) is 1. The fourth-order valence-corrected chi connectivity index (χ4v) is 4.14. The average molecular weight is 326 g/mol. The summed E-state index contributed by atoms with van der Waals surface area (Å²) in [4.78, 5) is 17.2. The van der Waals surface area contributed by atoms with Crippen LogP contribution in [0.5, 0.6) is 0 Å². The number of anilines is 1. The zero-order valence-electron chi connectivity index (χ0n) is 14.0. The average Bonchev–Trinajstić information content (AvgIpc) is 3.01. The van der Waals surface area contributed by atoms with Crippen LogP contribution in [0.1, 0.15) is 35.4 Å². The molecule has 3 nitrogen and oxygen atoms in total. The van der Waals surface area contributed by atoms with Crippen molar-refractivity contribution in [3.05, 3.63) is 82.7 Å². The van der Waals surface area contributed by atoms with Crippen LogP contribution in [0.4, 0.5) is 5.69 Å². The van der Waals surface area contributed by atoms with Gasteiger partial charge in [-0.1, -0.05) is 35.9 Å². The highest BCUT2D eigenvalue weighted by atomic mass is 16.1. The van der Waals surface area contributed by atoms with Gasteiger partial charge in [-0.25, -0.2) is 0 Å². The van der Waals surface area contributed by atoms with Gasteiger partial charge in [0.15, 0.2) is 5.78 Å². The number of allylic oxidation sites excluding steroid dienone is 2. The molecule has 0 fully saturated rings. The Kier molecular flexibility index (Phi) is 3.04. The van der Waals surface area contributed by atoms with Crippen LogP contribution >= 0.6 is 0 Å². The summed E-state index contributed by atoms with van der Waals surface area (Å²) >= 11 is 0. The zero-order chi connectivity index (χ0) is 17.0. The number of nitrogens with zero attached hydrogens (tertiary/aromatic N) is 1. The predicted molar refractivity (Wildman–Crippen MR) is 99.7 cm³/mol. The SMILES string of the molecule is Cc1ccc(C2C3=C(CCC3=O)Nc3ccc4ncccc4c32)cc1. The first-order chi connectivity index (χ1) is 12.2. The number of hydrogen-bond acceptors (Lipinski definition) is 3. The van der Waals surface area contributed by atoms with Gasteiger partial charge in [-0.3, -0.25) is 9.78 Å². The van der Waals surface area contributed by atoms with Crippen LogP contribution < -0.4 is 5.32 Å². The highest BCUT2D eigenvalue weighted by molar-refractivity contribution is 6.05. The van der Waals surface area contributed by atoms with E-state index in [4.69, 9.17) is 0 Å². The minimum atomic E-state index is -0.0188. The lowest BCUT2D eigenvalue weighted by atomic mass is 9.79. The molecule has 1 atom stereocenters. The van der Waals surface area contributed by atoms with Gasteiger partial charge in [0, 0.05) is 40.9 Å². The van der Waals surface area contributed by atoms with Crippen molar-refractivity contribution in [1.29, 1.82) is 0 Å². The lowest BCUT2D eigenvalue weighted by Gasteiger charge is -2.30. The Labute approximate surface area is 146 Å². The maximum atomic E-state index is 12.7. The molecule has 1 aliphatic heterocycles. The maximum absolute atomic E-state index is 12.7. The van der Waals surface area contributed by atoms with E-state index in [1.165, 1.54) is 16.7 Å². The van der Waals surface area contributed by atoms with Crippen LogP contribution in [-0.4, -0.2) is 10.8 Å². The monoisotopic (exact) mass is 326 g/mol. The summed E-state index contributed by atoms with van der Waals surface area (Å²) in [6, 6.07) is 16.8. The molecule has 5 rings (SSSR count). The van der Waals surface area contributed by atoms with Crippen molar-refractivity contribution in [3.8, 4) is 0 Å². The van der Waals surface area contributed by atoms with Crippen molar-refractivity contribution in [2.24, 2.45) is 0 Å². The van der Waals surface area contributed by atoms with E-state index in [1.807, 2.05) is 12.3 Å². The molecule has 3 aromatic rings. The van der Waals surface area contributed by atoms with Crippen molar-refractivity contribution in [2.75, 3.05) is 5.32 Å². The van der Waals surface area contributed by atoms with Crippen molar-refractivity contribution in [1.82, 2.24) is 4.98 Å². The normalized spacial score (nSPS) is 18.9. The van der Waals surface area contributed by atoms with Gasteiger partial charge in [0.05, 0.1) is 5.52 Å².